The number of amides is 2. The van der Waals surface area contributed by atoms with Crippen LogP contribution in [0.25, 0.3) is 0 Å². The quantitative estimate of drug-likeness (QED) is 0.816. The zero-order valence-electron chi connectivity index (χ0n) is 10.7. The van der Waals surface area contributed by atoms with Gasteiger partial charge in [0, 0.05) is 24.1 Å². The van der Waals surface area contributed by atoms with E-state index in [0.717, 1.165) is 14.9 Å². The molecule has 1 saturated heterocycles. The van der Waals surface area contributed by atoms with E-state index in [1.54, 1.807) is 0 Å². The Morgan fingerprint density at radius 2 is 1.70 bits per heavy atom. The van der Waals surface area contributed by atoms with Crippen molar-refractivity contribution in [3.05, 3.63) is 34.3 Å². The van der Waals surface area contributed by atoms with Crippen LogP contribution in [0.4, 0.5) is 18.0 Å². The van der Waals surface area contributed by atoms with Gasteiger partial charge < -0.3 is 9.80 Å². The largest absolute Gasteiger partial charge is 0.406 e. The van der Waals surface area contributed by atoms with Crippen molar-refractivity contribution in [3.63, 3.8) is 0 Å². The minimum absolute atomic E-state index is 0.162. The molecule has 1 fully saturated rings. The average Bonchev–Trinajstić information content (AvgIpc) is 2.35. The van der Waals surface area contributed by atoms with Crippen LogP contribution in [0.1, 0.15) is 12.0 Å². The van der Waals surface area contributed by atoms with Gasteiger partial charge in [-0.3, -0.25) is 0 Å². The lowest BCUT2D eigenvalue weighted by Crippen LogP contribution is -2.51. The lowest BCUT2D eigenvalue weighted by molar-refractivity contribution is -0.142. The van der Waals surface area contributed by atoms with E-state index in [4.69, 9.17) is 0 Å². The first-order valence-corrected chi connectivity index (χ1v) is 6.99. The van der Waals surface area contributed by atoms with Gasteiger partial charge in [-0.05, 0) is 24.1 Å². The molecular formula is C13H14BrF3N2O. The number of halogens is 4. The van der Waals surface area contributed by atoms with Crippen molar-refractivity contribution in [2.45, 2.75) is 19.1 Å². The van der Waals surface area contributed by atoms with Crippen LogP contribution in [0.5, 0.6) is 0 Å². The number of hydrogen-bond acceptors (Lipinski definition) is 1. The van der Waals surface area contributed by atoms with Crippen LogP contribution >= 0.6 is 15.9 Å². The molecule has 110 valence electrons. The zero-order chi connectivity index (χ0) is 14.8. The molecule has 1 aliphatic heterocycles. The summed E-state index contributed by atoms with van der Waals surface area (Å²) in [6.45, 7) is -0.193. The summed E-state index contributed by atoms with van der Waals surface area (Å²) in [6, 6.07) is 6.84. The first-order chi connectivity index (χ1) is 9.35. The highest BCUT2D eigenvalue weighted by atomic mass is 79.9. The second-order valence-corrected chi connectivity index (χ2v) is 5.64. The van der Waals surface area contributed by atoms with E-state index in [2.05, 4.69) is 15.9 Å². The van der Waals surface area contributed by atoms with Gasteiger partial charge in [0.25, 0.3) is 0 Å². The van der Waals surface area contributed by atoms with E-state index >= 15 is 0 Å². The molecule has 20 heavy (non-hydrogen) atoms. The zero-order valence-corrected chi connectivity index (χ0v) is 12.2. The van der Waals surface area contributed by atoms with E-state index in [0.29, 0.717) is 19.5 Å². The normalized spacial score (nSPS) is 16.7. The van der Waals surface area contributed by atoms with Crippen molar-refractivity contribution in [2.75, 3.05) is 19.6 Å². The van der Waals surface area contributed by atoms with Gasteiger partial charge in [0.2, 0.25) is 0 Å². The van der Waals surface area contributed by atoms with E-state index in [-0.39, 0.29) is 6.54 Å². The number of carbonyl (C=O) groups excluding carboxylic acids is 1. The molecule has 1 aromatic carbocycles. The van der Waals surface area contributed by atoms with Crippen LogP contribution < -0.4 is 0 Å². The highest BCUT2D eigenvalue weighted by Crippen LogP contribution is 2.21. The number of urea groups is 1. The molecule has 0 saturated carbocycles. The number of carbonyl (C=O) groups is 1. The number of alkyl halides is 3. The van der Waals surface area contributed by atoms with Crippen molar-refractivity contribution in [1.29, 1.82) is 0 Å². The fraction of sp³-hybridized carbons (Fsp3) is 0.462. The van der Waals surface area contributed by atoms with Gasteiger partial charge in [-0.25, -0.2) is 4.79 Å². The Morgan fingerprint density at radius 3 is 2.30 bits per heavy atom. The van der Waals surface area contributed by atoms with Crippen LogP contribution in [0.15, 0.2) is 28.7 Å². The van der Waals surface area contributed by atoms with Gasteiger partial charge in [-0.15, -0.1) is 0 Å². The third kappa shape index (κ3) is 4.13. The van der Waals surface area contributed by atoms with Crippen LogP contribution in [0.2, 0.25) is 0 Å². The van der Waals surface area contributed by atoms with Crippen LogP contribution in [0, 0.1) is 0 Å². The van der Waals surface area contributed by atoms with Gasteiger partial charge in [-0.1, -0.05) is 28.1 Å². The molecule has 7 heteroatoms. The predicted molar refractivity (Wildman–Crippen MR) is 72.2 cm³/mol. The predicted octanol–water partition coefficient (Wildman–Crippen LogP) is 3.64. The molecule has 0 aliphatic carbocycles. The summed E-state index contributed by atoms with van der Waals surface area (Å²) in [5, 5.41) is 0. The molecule has 0 atom stereocenters. The van der Waals surface area contributed by atoms with Crippen molar-refractivity contribution in [1.82, 2.24) is 9.80 Å². The minimum Gasteiger partial charge on any atom is -0.320 e. The summed E-state index contributed by atoms with van der Waals surface area (Å²) in [5.41, 5.74) is 0.899. The number of benzene rings is 1. The van der Waals surface area contributed by atoms with Crippen LogP contribution in [0.3, 0.4) is 0 Å². The molecule has 2 rings (SSSR count). The van der Waals surface area contributed by atoms with Crippen molar-refractivity contribution in [3.8, 4) is 0 Å². The summed E-state index contributed by atoms with van der Waals surface area (Å²) in [4.78, 5) is 14.3. The lowest BCUT2D eigenvalue weighted by Gasteiger charge is -2.36. The molecule has 2 amide bonds. The van der Waals surface area contributed by atoms with Gasteiger partial charge >= 0.3 is 12.2 Å². The highest BCUT2D eigenvalue weighted by molar-refractivity contribution is 9.10. The summed E-state index contributed by atoms with van der Waals surface area (Å²) >= 11 is 3.31. The van der Waals surface area contributed by atoms with Gasteiger partial charge in [-0.2, -0.15) is 13.2 Å². The Morgan fingerprint density at radius 1 is 1.10 bits per heavy atom. The Kier molecular flexibility index (Phi) is 4.57. The monoisotopic (exact) mass is 350 g/mol. The number of nitrogens with zero attached hydrogens (tertiary/aromatic N) is 2. The summed E-state index contributed by atoms with van der Waals surface area (Å²) < 4.78 is 38.1. The maximum Gasteiger partial charge on any atom is 0.406 e. The third-order valence-electron chi connectivity index (χ3n) is 3.05. The topological polar surface area (TPSA) is 23.6 Å². The van der Waals surface area contributed by atoms with Crippen molar-refractivity contribution < 1.29 is 18.0 Å². The Labute approximate surface area is 123 Å². The summed E-state index contributed by atoms with van der Waals surface area (Å²) in [5.74, 6) is 0. The molecule has 0 spiro atoms. The molecule has 1 aliphatic rings. The SMILES string of the molecule is O=C1N(Cc2ccc(Br)cc2)CCCN1CC(F)(F)F. The summed E-state index contributed by atoms with van der Waals surface area (Å²) in [7, 11) is 0. The highest BCUT2D eigenvalue weighted by Gasteiger charge is 2.36. The molecule has 0 N–H and O–H groups in total. The van der Waals surface area contributed by atoms with Crippen LogP contribution in [-0.4, -0.2) is 41.6 Å². The van der Waals surface area contributed by atoms with Gasteiger partial charge in [0.05, 0.1) is 0 Å². The first-order valence-electron chi connectivity index (χ1n) is 6.20. The third-order valence-corrected chi connectivity index (χ3v) is 3.58. The Hall–Kier alpha value is -1.24. The smallest absolute Gasteiger partial charge is 0.320 e. The Balaban J connectivity index is 2.01. The van der Waals surface area contributed by atoms with Crippen molar-refractivity contribution in [2.24, 2.45) is 0 Å². The maximum atomic E-state index is 12.4. The van der Waals surface area contributed by atoms with Crippen LogP contribution in [-0.2, 0) is 6.54 Å². The van der Waals surface area contributed by atoms with E-state index in [1.165, 1.54) is 4.90 Å². The van der Waals surface area contributed by atoms with Gasteiger partial charge in [0.1, 0.15) is 6.54 Å². The molecule has 0 radical (unpaired) electrons. The van der Waals surface area contributed by atoms with Crippen molar-refractivity contribution >= 4 is 22.0 Å². The molecular weight excluding hydrogens is 337 g/mol. The second kappa shape index (κ2) is 6.03. The molecule has 1 aromatic rings. The Bertz CT molecular complexity index is 475. The second-order valence-electron chi connectivity index (χ2n) is 4.72. The molecule has 0 bridgehead atoms. The first kappa shape index (κ1) is 15.2. The van der Waals surface area contributed by atoms with E-state index in [1.807, 2.05) is 24.3 Å². The number of rotatable bonds is 3. The maximum absolute atomic E-state index is 12.4. The van der Waals surface area contributed by atoms with Gasteiger partial charge in [0.15, 0.2) is 0 Å². The average molecular weight is 351 g/mol. The lowest BCUT2D eigenvalue weighted by atomic mass is 10.2. The fourth-order valence-electron chi connectivity index (χ4n) is 2.16. The summed E-state index contributed by atoms with van der Waals surface area (Å²) in [6.07, 6.45) is -3.80. The molecule has 3 nitrogen and oxygen atoms in total. The van der Waals surface area contributed by atoms with E-state index < -0.39 is 18.8 Å². The molecule has 1 heterocycles. The standard InChI is InChI=1S/C13H14BrF3N2O/c14-11-4-2-10(3-5-11)8-18-6-1-7-19(12(18)20)9-13(15,16)17/h2-5H,1,6-9H2. The fourth-order valence-corrected chi connectivity index (χ4v) is 2.43. The molecule has 0 aromatic heterocycles. The number of hydrogen-bond donors (Lipinski definition) is 0. The minimum atomic E-state index is -4.35. The van der Waals surface area contributed by atoms with E-state index in [9.17, 15) is 18.0 Å². The molecule has 0 unspecified atom stereocenters.